The van der Waals surface area contributed by atoms with Crippen molar-refractivity contribution >= 4 is 47.3 Å². The van der Waals surface area contributed by atoms with Crippen LogP contribution in [-0.2, 0) is 16.0 Å². The normalized spacial score (nSPS) is 18.8. The number of aliphatic carboxylic acids is 1. The second-order valence-electron chi connectivity index (χ2n) is 15.2. The number of carbonyl (C=O) groups is 3. The molecule has 4 aliphatic heterocycles. The zero-order chi connectivity index (χ0) is 41.9. The Morgan fingerprint density at radius 2 is 1.52 bits per heavy atom. The minimum absolute atomic E-state index is 0.0407. The largest absolute Gasteiger partial charge is 0.494 e. The number of anilines is 1. The van der Waals surface area contributed by atoms with E-state index in [1.165, 1.54) is 19.8 Å². The Labute approximate surface area is 348 Å². The first-order chi connectivity index (χ1) is 29.1. The summed E-state index contributed by atoms with van der Waals surface area (Å²) in [5.41, 5.74) is 7.36. The molecule has 3 aromatic carbocycles. The van der Waals surface area contributed by atoms with Gasteiger partial charge in [0, 0.05) is 48.8 Å². The van der Waals surface area contributed by atoms with E-state index in [2.05, 4.69) is 12.7 Å². The lowest BCUT2D eigenvalue weighted by molar-refractivity contribution is -0.137. The fraction of sp³-hybridized carbons (Fsp3) is 0.298. The Morgan fingerprint density at radius 3 is 2.20 bits per heavy atom. The average molecular weight is 811 g/mol. The summed E-state index contributed by atoms with van der Waals surface area (Å²) in [6.45, 7) is 6.38. The molecule has 13 nitrogen and oxygen atoms in total. The van der Waals surface area contributed by atoms with Crippen LogP contribution in [0.2, 0.25) is 0 Å². The first-order valence-corrected chi connectivity index (χ1v) is 19.9. The molecule has 4 heterocycles. The van der Waals surface area contributed by atoms with Crippen molar-refractivity contribution in [1.29, 1.82) is 0 Å². The van der Waals surface area contributed by atoms with Crippen LogP contribution < -0.4 is 23.8 Å². The molecule has 0 radical (unpaired) electrons. The molecule has 0 unspecified atom stereocenters. The number of hydrogen-bond acceptors (Lipinski definition) is 10. The van der Waals surface area contributed by atoms with Gasteiger partial charge in [0.2, 0.25) is 0 Å². The summed E-state index contributed by atoms with van der Waals surface area (Å²) in [6, 6.07) is 14.3. The Morgan fingerprint density at radius 1 is 0.867 bits per heavy atom. The third-order valence-electron chi connectivity index (χ3n) is 11.0. The molecular weight excluding hydrogens is 765 g/mol. The molecule has 0 bridgehead atoms. The van der Waals surface area contributed by atoms with Gasteiger partial charge in [0.05, 0.1) is 55.4 Å². The highest BCUT2D eigenvalue weighted by atomic mass is 16.5. The molecule has 1 N–H and O–H groups in total. The number of ether oxygens (including phenoxy) is 5. The average Bonchev–Trinajstić information content (AvgIpc) is 3.74. The summed E-state index contributed by atoms with van der Waals surface area (Å²) in [5, 5.41) is 9.17. The lowest BCUT2D eigenvalue weighted by Crippen LogP contribution is -2.37. The van der Waals surface area contributed by atoms with Crippen LogP contribution >= 0.6 is 0 Å². The van der Waals surface area contributed by atoms with Gasteiger partial charge >= 0.3 is 5.97 Å². The predicted molar refractivity (Wildman–Crippen MR) is 228 cm³/mol. The molecule has 308 valence electrons. The van der Waals surface area contributed by atoms with Crippen molar-refractivity contribution in [1.82, 2.24) is 4.90 Å². The monoisotopic (exact) mass is 810 g/mol. The number of benzene rings is 3. The number of carboxylic acid groups (broad SMARTS) is 1. The molecule has 3 aromatic rings. The van der Waals surface area contributed by atoms with E-state index in [-0.39, 0.29) is 50.1 Å². The number of rotatable bonds is 15. The summed E-state index contributed by atoms with van der Waals surface area (Å²) < 4.78 is 29.8. The molecule has 2 amide bonds. The number of amides is 2. The zero-order valence-electron chi connectivity index (χ0n) is 33.8. The molecule has 0 saturated heterocycles. The first kappa shape index (κ1) is 39.9. The van der Waals surface area contributed by atoms with Crippen LogP contribution in [0.15, 0.2) is 118 Å². The number of aliphatic imine (C=N–C) groups is 2. The van der Waals surface area contributed by atoms with Gasteiger partial charge in [-0.3, -0.25) is 34.2 Å². The van der Waals surface area contributed by atoms with Crippen LogP contribution in [0.3, 0.4) is 0 Å². The molecule has 13 heteroatoms. The van der Waals surface area contributed by atoms with Crippen molar-refractivity contribution in [3.63, 3.8) is 0 Å². The van der Waals surface area contributed by atoms with E-state index < -0.39 is 5.97 Å². The second kappa shape index (κ2) is 17.1. The third-order valence-corrected chi connectivity index (χ3v) is 11.0. The topological polar surface area (TPSA) is 149 Å². The lowest BCUT2D eigenvalue weighted by atomic mass is 10.0. The highest BCUT2D eigenvalue weighted by Crippen LogP contribution is 2.43. The van der Waals surface area contributed by atoms with E-state index in [1.54, 1.807) is 47.5 Å². The van der Waals surface area contributed by atoms with Crippen LogP contribution in [0.1, 0.15) is 65.3 Å². The first-order valence-electron chi connectivity index (χ1n) is 19.9. The fourth-order valence-electron chi connectivity index (χ4n) is 8.07. The van der Waals surface area contributed by atoms with Gasteiger partial charge in [0.15, 0.2) is 23.0 Å². The summed E-state index contributed by atoms with van der Waals surface area (Å²) in [7, 11) is 3.04. The second-order valence-corrected chi connectivity index (χ2v) is 15.2. The molecule has 0 fully saturated rings. The zero-order valence-corrected chi connectivity index (χ0v) is 33.8. The smallest absolute Gasteiger partial charge is 0.303 e. The molecule has 2 atom stereocenters. The number of methoxy groups -OCH3 is 2. The molecule has 5 aliphatic rings. The minimum Gasteiger partial charge on any atom is -0.494 e. The van der Waals surface area contributed by atoms with E-state index in [9.17, 15) is 19.5 Å². The summed E-state index contributed by atoms with van der Waals surface area (Å²) in [4.78, 5) is 51.9. The van der Waals surface area contributed by atoms with Gasteiger partial charge in [-0.1, -0.05) is 30.9 Å². The van der Waals surface area contributed by atoms with Crippen LogP contribution in [0.4, 0.5) is 17.1 Å². The van der Waals surface area contributed by atoms with Gasteiger partial charge in [-0.25, -0.2) is 0 Å². The summed E-state index contributed by atoms with van der Waals surface area (Å²) >= 11 is 0. The number of nitrogens with zero attached hydrogens (tertiary/aromatic N) is 4. The van der Waals surface area contributed by atoms with Crippen molar-refractivity contribution in [2.45, 2.75) is 57.5 Å². The number of hydrogen-bond donors (Lipinski definition) is 1. The number of allylic oxidation sites excluding steroid dienone is 3. The summed E-state index contributed by atoms with van der Waals surface area (Å²) in [5.74, 6) is 0.798. The predicted octanol–water partition coefficient (Wildman–Crippen LogP) is 8.25. The molecule has 0 spiro atoms. The number of carbonyl (C=O) groups excluding carboxylic acids is 2. The van der Waals surface area contributed by atoms with Crippen LogP contribution in [0, 0.1) is 0 Å². The SMILES string of the molecule is C=C(/C=C(\C=C(/C)COc1cc2c(cc1OC)C(=O)N1C3=C(CCC=C3)C[C@H]1C=N2)OCCCC(=O)O)COc1cc2c(cc1OC)C(=O)N1c3ccccc3C[C@H]1C=N2. The molecule has 1 aliphatic carbocycles. The fourth-order valence-corrected chi connectivity index (χ4v) is 8.07. The van der Waals surface area contributed by atoms with Crippen molar-refractivity contribution in [2.75, 3.05) is 38.9 Å². The minimum atomic E-state index is -0.915. The van der Waals surface area contributed by atoms with E-state index in [1.807, 2.05) is 48.4 Å². The van der Waals surface area contributed by atoms with Crippen molar-refractivity contribution in [3.8, 4) is 23.0 Å². The third kappa shape index (κ3) is 8.07. The van der Waals surface area contributed by atoms with Gasteiger partial charge in [-0.05, 0) is 91.3 Å². The van der Waals surface area contributed by atoms with E-state index in [0.717, 1.165) is 41.8 Å². The maximum absolute atomic E-state index is 13.9. The summed E-state index contributed by atoms with van der Waals surface area (Å²) in [6.07, 6.45) is 14.9. The van der Waals surface area contributed by atoms with Crippen molar-refractivity contribution in [2.24, 2.45) is 9.98 Å². The van der Waals surface area contributed by atoms with Gasteiger partial charge < -0.3 is 28.8 Å². The Balaban J connectivity index is 0.967. The van der Waals surface area contributed by atoms with Crippen molar-refractivity contribution < 1.29 is 43.2 Å². The molecule has 8 rings (SSSR count). The van der Waals surface area contributed by atoms with Crippen molar-refractivity contribution in [3.05, 3.63) is 124 Å². The number of fused-ring (bicyclic) bond motifs is 7. The maximum atomic E-state index is 13.9. The Bertz CT molecular complexity index is 2460. The maximum Gasteiger partial charge on any atom is 0.303 e. The molecule has 0 saturated carbocycles. The number of carboxylic acids is 1. The van der Waals surface area contributed by atoms with Gasteiger partial charge in [-0.15, -0.1) is 0 Å². The Hall–Kier alpha value is -6.89. The highest BCUT2D eigenvalue weighted by Gasteiger charge is 2.39. The van der Waals surface area contributed by atoms with Gasteiger partial charge in [-0.2, -0.15) is 0 Å². The standard InChI is InChI=1S/C47H46N4O9/c1-28(26-59-43-22-37-35(20-41(43)56-3)46(54)50-32(24-48-37)18-30-10-5-7-12-39(30)50)16-34(58-15-9-14-45(52)53)17-29(2)27-60-44-23-38-36(21-42(44)57-4)47(55)51-33(25-49-38)19-31-11-6-8-13-40(31)51/h5,7-8,10,12-13,16-17,20-25,32-33H,1,6,9,11,14-15,18-19,26-27H2,2-4H3,(H,52,53)/b29-17+,34-16+/t32-,33-/m0/s1. The molecular formula is C47H46N4O9. The molecule has 60 heavy (non-hydrogen) atoms. The van der Waals surface area contributed by atoms with Crippen LogP contribution in [0.5, 0.6) is 23.0 Å². The quantitative estimate of drug-likeness (QED) is 0.0910. The van der Waals surface area contributed by atoms with E-state index >= 15 is 0 Å². The van der Waals surface area contributed by atoms with Gasteiger partial charge in [0.25, 0.3) is 11.8 Å². The van der Waals surface area contributed by atoms with Crippen LogP contribution in [0.25, 0.3) is 0 Å². The Kier molecular flexibility index (Phi) is 11.4. The lowest BCUT2D eigenvalue weighted by Gasteiger charge is -2.24. The van der Waals surface area contributed by atoms with Crippen LogP contribution in [-0.4, -0.2) is 86.3 Å². The highest BCUT2D eigenvalue weighted by molar-refractivity contribution is 6.14. The van der Waals surface area contributed by atoms with Gasteiger partial charge in [0.1, 0.15) is 19.0 Å². The van der Waals surface area contributed by atoms with E-state index in [4.69, 9.17) is 33.7 Å². The van der Waals surface area contributed by atoms with E-state index in [0.29, 0.717) is 69.7 Å². The number of para-hydroxylation sites is 1. The molecule has 0 aromatic heterocycles.